The summed E-state index contributed by atoms with van der Waals surface area (Å²) in [6.45, 7) is 7.44. The van der Waals surface area contributed by atoms with Crippen molar-refractivity contribution in [2.45, 2.75) is 33.1 Å². The van der Waals surface area contributed by atoms with Crippen LogP contribution < -0.4 is 10.4 Å². The standard InChI is InChI=1S/C19H26BN3O2S/c1-18(2)14-5-6-19(18,16(24)11-14)13-26(25)23-9-7-22(8-10-23)17-4-3-15(20)12-21-17/h3-4,12,14H,5-11,13H2,1-2H3/t14-,19-,26?/m0/s1. The average Bonchev–Trinajstić information content (AvgIpc) is 2.97. The molecule has 1 unspecified atom stereocenters. The maximum Gasteiger partial charge on any atom is 0.140 e. The van der Waals surface area contributed by atoms with Crippen molar-refractivity contribution < 1.29 is 9.00 Å². The van der Waals surface area contributed by atoms with Crippen LogP contribution in [0.4, 0.5) is 5.82 Å². The number of hydrogen-bond acceptors (Lipinski definition) is 4. The van der Waals surface area contributed by atoms with Crippen molar-refractivity contribution in [1.82, 2.24) is 9.29 Å². The van der Waals surface area contributed by atoms with Crippen LogP contribution in [0.15, 0.2) is 18.3 Å². The zero-order chi connectivity index (χ0) is 18.5. The second-order valence-corrected chi connectivity index (χ2v) is 9.95. The maximum absolute atomic E-state index is 13.1. The van der Waals surface area contributed by atoms with Crippen LogP contribution in [0, 0.1) is 16.7 Å². The first kappa shape index (κ1) is 18.2. The zero-order valence-corrected chi connectivity index (χ0v) is 16.4. The molecule has 138 valence electrons. The van der Waals surface area contributed by atoms with E-state index in [1.165, 1.54) is 0 Å². The van der Waals surface area contributed by atoms with Crippen LogP contribution in [0.1, 0.15) is 33.1 Å². The number of hydrogen-bond donors (Lipinski definition) is 0. The summed E-state index contributed by atoms with van der Waals surface area (Å²) in [7, 11) is 4.60. The van der Waals surface area contributed by atoms with Gasteiger partial charge in [0, 0.05) is 44.2 Å². The Labute approximate surface area is 159 Å². The van der Waals surface area contributed by atoms with Crippen LogP contribution in [-0.4, -0.2) is 59.1 Å². The number of ketones is 1. The predicted octanol–water partition coefficient (Wildman–Crippen LogP) is 1.06. The lowest BCUT2D eigenvalue weighted by Crippen LogP contribution is -2.50. The molecular weight excluding hydrogens is 345 g/mol. The summed E-state index contributed by atoms with van der Waals surface area (Å²) < 4.78 is 15.1. The van der Waals surface area contributed by atoms with Gasteiger partial charge in [-0.1, -0.05) is 25.4 Å². The Kier molecular flexibility index (Phi) is 4.51. The molecule has 2 heterocycles. The van der Waals surface area contributed by atoms with Gasteiger partial charge in [0.25, 0.3) is 0 Å². The smallest absolute Gasteiger partial charge is 0.140 e. The number of Topliss-reactive ketones (excluding diaryl/α,β-unsaturated/α-hetero) is 1. The van der Waals surface area contributed by atoms with Gasteiger partial charge in [0.05, 0.1) is 16.7 Å². The van der Waals surface area contributed by atoms with Gasteiger partial charge in [-0.3, -0.25) is 4.79 Å². The van der Waals surface area contributed by atoms with Crippen molar-refractivity contribution in [3.05, 3.63) is 18.3 Å². The van der Waals surface area contributed by atoms with E-state index in [1.54, 1.807) is 6.20 Å². The van der Waals surface area contributed by atoms with Gasteiger partial charge in [0.1, 0.15) is 19.4 Å². The summed E-state index contributed by atoms with van der Waals surface area (Å²) in [5.41, 5.74) is 0.264. The number of carbonyl (C=O) groups is 1. The zero-order valence-electron chi connectivity index (χ0n) is 15.6. The molecule has 0 aromatic carbocycles. The highest BCUT2D eigenvalue weighted by molar-refractivity contribution is 7.82. The van der Waals surface area contributed by atoms with Gasteiger partial charge in [0.15, 0.2) is 0 Å². The molecule has 1 aromatic rings. The highest BCUT2D eigenvalue weighted by Crippen LogP contribution is 2.64. The van der Waals surface area contributed by atoms with E-state index in [2.05, 4.69) is 23.7 Å². The Morgan fingerprint density at radius 2 is 2.00 bits per heavy atom. The molecule has 3 fully saturated rings. The molecule has 26 heavy (non-hydrogen) atoms. The van der Waals surface area contributed by atoms with Gasteiger partial charge < -0.3 is 4.90 Å². The second-order valence-electron chi connectivity index (χ2n) is 8.50. The lowest BCUT2D eigenvalue weighted by molar-refractivity contribution is -0.128. The molecule has 3 aliphatic rings. The lowest BCUT2D eigenvalue weighted by Gasteiger charge is -2.39. The van der Waals surface area contributed by atoms with Crippen LogP contribution >= 0.6 is 0 Å². The normalized spacial score (nSPS) is 32.2. The number of anilines is 1. The molecule has 0 amide bonds. The van der Waals surface area contributed by atoms with E-state index in [4.69, 9.17) is 7.85 Å². The number of pyridine rings is 1. The maximum atomic E-state index is 13.1. The first-order valence-corrected chi connectivity index (χ1v) is 10.7. The quantitative estimate of drug-likeness (QED) is 0.743. The number of carbonyl (C=O) groups excluding carboxylic acids is 1. The Morgan fingerprint density at radius 1 is 1.27 bits per heavy atom. The summed E-state index contributed by atoms with van der Waals surface area (Å²) >= 11 is 0. The first-order chi connectivity index (χ1) is 12.3. The average molecular weight is 371 g/mol. The van der Waals surface area contributed by atoms with E-state index in [9.17, 15) is 9.00 Å². The van der Waals surface area contributed by atoms with Gasteiger partial charge in [-0.15, -0.1) is 0 Å². The predicted molar refractivity (Wildman–Crippen MR) is 105 cm³/mol. The highest BCUT2D eigenvalue weighted by atomic mass is 32.2. The van der Waals surface area contributed by atoms with Crippen molar-refractivity contribution in [2.24, 2.45) is 16.7 Å². The van der Waals surface area contributed by atoms with Gasteiger partial charge >= 0.3 is 0 Å². The molecule has 4 rings (SSSR count). The Morgan fingerprint density at radius 3 is 2.54 bits per heavy atom. The van der Waals surface area contributed by atoms with Crippen LogP contribution in [-0.2, 0) is 15.8 Å². The number of fused-ring (bicyclic) bond motifs is 2. The van der Waals surface area contributed by atoms with Crippen molar-refractivity contribution in [3.63, 3.8) is 0 Å². The van der Waals surface area contributed by atoms with Crippen molar-refractivity contribution in [1.29, 1.82) is 0 Å². The highest BCUT2D eigenvalue weighted by Gasteiger charge is 2.64. The molecule has 1 aromatic heterocycles. The molecule has 7 heteroatoms. The third-order valence-corrected chi connectivity index (χ3v) is 8.81. The van der Waals surface area contributed by atoms with Gasteiger partial charge in [-0.05, 0) is 30.2 Å². The summed E-state index contributed by atoms with van der Waals surface area (Å²) in [4.78, 5) is 19.2. The fourth-order valence-corrected chi connectivity index (χ4v) is 6.97. The second kappa shape index (κ2) is 6.45. The van der Waals surface area contributed by atoms with Crippen LogP contribution in [0.2, 0.25) is 0 Å². The summed E-state index contributed by atoms with van der Waals surface area (Å²) in [5, 5.41) is 0. The Hall–Kier alpha value is -1.21. The molecule has 1 saturated heterocycles. The van der Waals surface area contributed by atoms with E-state index < -0.39 is 11.0 Å². The number of aromatic nitrogens is 1. The minimum Gasteiger partial charge on any atom is -0.354 e. The van der Waals surface area contributed by atoms with E-state index in [-0.39, 0.29) is 10.8 Å². The largest absolute Gasteiger partial charge is 0.354 e. The third-order valence-electron chi connectivity index (χ3n) is 7.13. The third kappa shape index (κ3) is 2.75. The number of rotatable bonds is 4. The van der Waals surface area contributed by atoms with Crippen molar-refractivity contribution in [2.75, 3.05) is 36.8 Å². The monoisotopic (exact) mass is 371 g/mol. The molecule has 2 bridgehead atoms. The Balaban J connectivity index is 1.40. The van der Waals surface area contributed by atoms with Crippen LogP contribution in [0.25, 0.3) is 0 Å². The molecule has 2 aliphatic carbocycles. The molecule has 3 atom stereocenters. The minimum atomic E-state index is -1.11. The van der Waals surface area contributed by atoms with Gasteiger partial charge in [0.2, 0.25) is 0 Å². The molecule has 0 N–H and O–H groups in total. The molecule has 5 nitrogen and oxygen atoms in total. The van der Waals surface area contributed by atoms with E-state index >= 15 is 0 Å². The van der Waals surface area contributed by atoms with Crippen molar-refractivity contribution >= 4 is 35.9 Å². The van der Waals surface area contributed by atoms with E-state index in [0.29, 0.717) is 29.3 Å². The topological polar surface area (TPSA) is 53.5 Å². The fraction of sp³-hybridized carbons (Fsp3) is 0.684. The molecule has 1 aliphatic heterocycles. The van der Waals surface area contributed by atoms with E-state index in [0.717, 1.165) is 44.8 Å². The fourth-order valence-electron chi connectivity index (χ4n) is 5.12. The minimum absolute atomic E-state index is 0.0184. The molecule has 2 saturated carbocycles. The SMILES string of the molecule is [B]c1ccc(N2CCN(S(=O)C[C@@]34CC[C@@H](CC3=O)C4(C)C)CC2)nc1. The number of piperazine rings is 1. The molecular formula is C19H26BN3O2S. The van der Waals surface area contributed by atoms with Gasteiger partial charge in [-0.25, -0.2) is 13.5 Å². The lowest BCUT2D eigenvalue weighted by atomic mass is 9.70. The summed E-state index contributed by atoms with van der Waals surface area (Å²) in [5.74, 6) is 2.22. The first-order valence-electron chi connectivity index (χ1n) is 9.47. The summed E-state index contributed by atoms with van der Waals surface area (Å²) in [6.07, 6.45) is 4.36. The molecule has 2 radical (unpaired) electrons. The Bertz CT molecular complexity index is 731. The van der Waals surface area contributed by atoms with Gasteiger partial charge in [-0.2, -0.15) is 0 Å². The van der Waals surface area contributed by atoms with Crippen molar-refractivity contribution in [3.8, 4) is 0 Å². The molecule has 0 spiro atoms. The number of nitrogens with zero attached hydrogens (tertiary/aromatic N) is 3. The van der Waals surface area contributed by atoms with E-state index in [1.807, 2.05) is 16.4 Å². The summed E-state index contributed by atoms with van der Waals surface area (Å²) in [6, 6.07) is 3.79. The van der Waals surface area contributed by atoms with Crippen LogP contribution in [0.3, 0.4) is 0 Å². The van der Waals surface area contributed by atoms with Crippen LogP contribution in [0.5, 0.6) is 0 Å².